The van der Waals surface area contributed by atoms with Crippen molar-refractivity contribution in [1.82, 2.24) is 14.9 Å². The van der Waals surface area contributed by atoms with E-state index in [1.54, 1.807) is 12.4 Å². The highest BCUT2D eigenvalue weighted by atomic mass is 35.5. The van der Waals surface area contributed by atoms with Crippen LogP contribution in [-0.2, 0) is 0 Å². The van der Waals surface area contributed by atoms with E-state index in [9.17, 15) is 5.11 Å². The predicted molar refractivity (Wildman–Crippen MR) is 76.4 cm³/mol. The molecule has 106 valence electrons. The third-order valence-electron chi connectivity index (χ3n) is 3.48. The lowest BCUT2D eigenvalue weighted by atomic mass is 10.0. The minimum absolute atomic E-state index is 0.205. The first kappa shape index (κ1) is 14.5. The SMILES string of the molecule is CC[C@@H](O)CN1CCC(Nc2ncc(Cl)cn2)CC1. The number of aliphatic hydroxyl groups excluding tert-OH is 1. The Labute approximate surface area is 119 Å². The van der Waals surface area contributed by atoms with E-state index in [2.05, 4.69) is 20.2 Å². The number of β-amino-alcohol motifs (C(OH)–C–C–N with tert-alkyl or cyclic N) is 1. The summed E-state index contributed by atoms with van der Waals surface area (Å²) in [4.78, 5) is 10.6. The van der Waals surface area contributed by atoms with E-state index in [1.165, 1.54) is 0 Å². The fourth-order valence-corrected chi connectivity index (χ4v) is 2.35. The van der Waals surface area contributed by atoms with Crippen molar-refractivity contribution in [2.75, 3.05) is 25.0 Å². The van der Waals surface area contributed by atoms with Crippen molar-refractivity contribution in [2.24, 2.45) is 0 Å². The maximum atomic E-state index is 9.65. The van der Waals surface area contributed by atoms with Crippen molar-refractivity contribution in [3.63, 3.8) is 0 Å². The molecule has 5 nitrogen and oxygen atoms in total. The molecule has 0 spiro atoms. The Morgan fingerprint density at radius 1 is 1.42 bits per heavy atom. The number of anilines is 1. The van der Waals surface area contributed by atoms with Crippen LogP contribution in [0.2, 0.25) is 5.02 Å². The van der Waals surface area contributed by atoms with E-state index in [0.717, 1.165) is 38.9 Å². The number of rotatable bonds is 5. The van der Waals surface area contributed by atoms with Gasteiger partial charge in [-0.1, -0.05) is 18.5 Å². The highest BCUT2D eigenvalue weighted by Gasteiger charge is 2.20. The van der Waals surface area contributed by atoms with E-state index in [1.807, 2.05) is 6.92 Å². The van der Waals surface area contributed by atoms with Gasteiger partial charge in [-0.05, 0) is 19.3 Å². The smallest absolute Gasteiger partial charge is 0.222 e. The zero-order valence-electron chi connectivity index (χ0n) is 11.2. The van der Waals surface area contributed by atoms with Gasteiger partial charge < -0.3 is 15.3 Å². The van der Waals surface area contributed by atoms with Crippen molar-refractivity contribution in [3.8, 4) is 0 Å². The van der Waals surface area contributed by atoms with Crippen LogP contribution in [0.25, 0.3) is 0 Å². The molecule has 0 aromatic carbocycles. The molecule has 0 saturated carbocycles. The first-order chi connectivity index (χ1) is 9.17. The van der Waals surface area contributed by atoms with E-state index in [4.69, 9.17) is 11.6 Å². The van der Waals surface area contributed by atoms with Crippen LogP contribution in [0.1, 0.15) is 26.2 Å². The second kappa shape index (κ2) is 7.03. The molecule has 1 aromatic heterocycles. The number of aromatic nitrogens is 2. The van der Waals surface area contributed by atoms with E-state index in [0.29, 0.717) is 17.0 Å². The van der Waals surface area contributed by atoms with Gasteiger partial charge in [0.1, 0.15) is 0 Å². The number of aliphatic hydroxyl groups is 1. The van der Waals surface area contributed by atoms with Crippen LogP contribution < -0.4 is 5.32 Å². The van der Waals surface area contributed by atoms with Crippen LogP contribution in [0, 0.1) is 0 Å². The van der Waals surface area contributed by atoms with Crippen LogP contribution in [-0.4, -0.2) is 51.8 Å². The van der Waals surface area contributed by atoms with Gasteiger partial charge in [-0.25, -0.2) is 9.97 Å². The molecule has 1 aromatic rings. The van der Waals surface area contributed by atoms with Crippen molar-refractivity contribution in [3.05, 3.63) is 17.4 Å². The lowest BCUT2D eigenvalue weighted by Gasteiger charge is -2.33. The summed E-state index contributed by atoms with van der Waals surface area (Å²) in [5.74, 6) is 0.636. The average molecular weight is 285 g/mol. The monoisotopic (exact) mass is 284 g/mol. The van der Waals surface area contributed by atoms with Gasteiger partial charge in [0.15, 0.2) is 0 Å². The molecular weight excluding hydrogens is 264 g/mol. The van der Waals surface area contributed by atoms with Gasteiger partial charge in [-0.3, -0.25) is 0 Å². The number of halogens is 1. The summed E-state index contributed by atoms with van der Waals surface area (Å²) in [7, 11) is 0. The largest absolute Gasteiger partial charge is 0.392 e. The summed E-state index contributed by atoms with van der Waals surface area (Å²) >= 11 is 5.75. The Kier molecular flexibility index (Phi) is 5.36. The Morgan fingerprint density at radius 3 is 2.63 bits per heavy atom. The second-order valence-electron chi connectivity index (χ2n) is 5.01. The third-order valence-corrected chi connectivity index (χ3v) is 3.68. The molecule has 1 aliphatic rings. The van der Waals surface area contributed by atoms with Gasteiger partial charge in [0.25, 0.3) is 0 Å². The van der Waals surface area contributed by atoms with Gasteiger partial charge >= 0.3 is 0 Å². The fourth-order valence-electron chi connectivity index (χ4n) is 2.26. The molecule has 0 amide bonds. The Bertz CT molecular complexity index is 379. The molecule has 1 saturated heterocycles. The van der Waals surface area contributed by atoms with Gasteiger partial charge in [-0.15, -0.1) is 0 Å². The minimum atomic E-state index is -0.205. The molecular formula is C13H21ClN4O. The standard InChI is InChI=1S/C13H21ClN4O/c1-2-12(19)9-18-5-3-11(4-6-18)17-13-15-7-10(14)8-16-13/h7-8,11-12,19H,2-6,9H2,1H3,(H,15,16,17)/t12-/m1/s1. The van der Waals surface area contributed by atoms with E-state index in [-0.39, 0.29) is 6.10 Å². The molecule has 1 atom stereocenters. The Morgan fingerprint density at radius 2 is 2.05 bits per heavy atom. The molecule has 0 radical (unpaired) electrons. The number of piperidine rings is 1. The lowest BCUT2D eigenvalue weighted by Crippen LogP contribution is -2.42. The van der Waals surface area contributed by atoms with Crippen molar-refractivity contribution in [2.45, 2.75) is 38.3 Å². The van der Waals surface area contributed by atoms with E-state index >= 15 is 0 Å². The molecule has 6 heteroatoms. The average Bonchev–Trinajstić information content (AvgIpc) is 2.43. The zero-order chi connectivity index (χ0) is 13.7. The van der Waals surface area contributed by atoms with Crippen LogP contribution in [0.4, 0.5) is 5.95 Å². The topological polar surface area (TPSA) is 61.3 Å². The molecule has 19 heavy (non-hydrogen) atoms. The summed E-state index contributed by atoms with van der Waals surface area (Å²) in [6, 6.07) is 0.399. The summed E-state index contributed by atoms with van der Waals surface area (Å²) < 4.78 is 0. The molecule has 2 N–H and O–H groups in total. The molecule has 2 heterocycles. The lowest BCUT2D eigenvalue weighted by molar-refractivity contribution is 0.0961. The summed E-state index contributed by atoms with van der Waals surface area (Å²) in [6.07, 6.45) is 5.90. The second-order valence-corrected chi connectivity index (χ2v) is 5.44. The Balaban J connectivity index is 1.75. The number of likely N-dealkylation sites (tertiary alicyclic amines) is 1. The van der Waals surface area contributed by atoms with Crippen LogP contribution >= 0.6 is 11.6 Å². The summed E-state index contributed by atoms with van der Waals surface area (Å²) in [5, 5.41) is 13.5. The highest BCUT2D eigenvalue weighted by Crippen LogP contribution is 2.15. The molecule has 1 fully saturated rings. The normalized spacial score (nSPS) is 19.3. The van der Waals surface area contributed by atoms with Gasteiger partial charge in [0.05, 0.1) is 23.5 Å². The first-order valence-electron chi connectivity index (χ1n) is 6.82. The number of hydrogen-bond donors (Lipinski definition) is 2. The molecule has 0 bridgehead atoms. The molecule has 0 aliphatic carbocycles. The first-order valence-corrected chi connectivity index (χ1v) is 7.19. The highest BCUT2D eigenvalue weighted by molar-refractivity contribution is 6.30. The van der Waals surface area contributed by atoms with Crippen molar-refractivity contribution >= 4 is 17.5 Å². The summed E-state index contributed by atoms with van der Waals surface area (Å²) in [6.45, 7) is 4.79. The van der Waals surface area contributed by atoms with Crippen LogP contribution in [0.3, 0.4) is 0 Å². The quantitative estimate of drug-likeness (QED) is 0.863. The van der Waals surface area contributed by atoms with E-state index < -0.39 is 0 Å². The number of nitrogens with one attached hydrogen (secondary N) is 1. The van der Waals surface area contributed by atoms with Crippen molar-refractivity contribution in [1.29, 1.82) is 0 Å². The summed E-state index contributed by atoms with van der Waals surface area (Å²) in [5.41, 5.74) is 0. The minimum Gasteiger partial charge on any atom is -0.392 e. The fraction of sp³-hybridized carbons (Fsp3) is 0.692. The zero-order valence-corrected chi connectivity index (χ0v) is 12.0. The van der Waals surface area contributed by atoms with Gasteiger partial charge in [0.2, 0.25) is 5.95 Å². The number of hydrogen-bond acceptors (Lipinski definition) is 5. The Hall–Kier alpha value is -0.910. The maximum Gasteiger partial charge on any atom is 0.222 e. The van der Waals surface area contributed by atoms with Crippen LogP contribution in [0.15, 0.2) is 12.4 Å². The molecule has 1 aliphatic heterocycles. The molecule has 0 unspecified atom stereocenters. The number of nitrogens with zero attached hydrogens (tertiary/aromatic N) is 3. The van der Waals surface area contributed by atoms with Crippen LogP contribution in [0.5, 0.6) is 0 Å². The maximum absolute atomic E-state index is 9.65. The predicted octanol–water partition coefficient (Wildman–Crippen LogP) is 1.78. The third kappa shape index (κ3) is 4.60. The molecule has 2 rings (SSSR count). The van der Waals surface area contributed by atoms with Gasteiger partial charge in [0, 0.05) is 25.7 Å². The van der Waals surface area contributed by atoms with Crippen molar-refractivity contribution < 1.29 is 5.11 Å². The van der Waals surface area contributed by atoms with Gasteiger partial charge in [-0.2, -0.15) is 0 Å².